The predicted molar refractivity (Wildman–Crippen MR) is 140 cm³/mol. The summed E-state index contributed by atoms with van der Waals surface area (Å²) in [6, 6.07) is 8.45. The van der Waals surface area contributed by atoms with Gasteiger partial charge in [-0.15, -0.1) is 0 Å². The van der Waals surface area contributed by atoms with E-state index in [1.165, 1.54) is 10.6 Å². The van der Waals surface area contributed by atoms with E-state index in [-0.39, 0.29) is 40.8 Å². The molecule has 5 rings (SSSR count). The van der Waals surface area contributed by atoms with Crippen LogP contribution in [0.1, 0.15) is 73.5 Å². The lowest BCUT2D eigenvalue weighted by molar-refractivity contribution is 0.0921. The van der Waals surface area contributed by atoms with Crippen LogP contribution in [0.4, 0.5) is 4.39 Å². The van der Waals surface area contributed by atoms with Gasteiger partial charge in [0.05, 0.1) is 11.6 Å². The number of carbonyl (C=O) groups is 1. The quantitative estimate of drug-likeness (QED) is 0.555. The summed E-state index contributed by atoms with van der Waals surface area (Å²) in [6.45, 7) is 2.05. The average molecular weight is 511 g/mol. The van der Waals surface area contributed by atoms with Crippen LogP contribution in [0.3, 0.4) is 0 Å². The second-order valence-corrected chi connectivity index (χ2v) is 11.0. The van der Waals surface area contributed by atoms with Crippen LogP contribution in [0.5, 0.6) is 0 Å². The molecule has 1 aliphatic heterocycles. The molecular formula is C27H31FN4O3S. The molecule has 0 bridgehead atoms. The molecule has 0 spiro atoms. The summed E-state index contributed by atoms with van der Waals surface area (Å²) in [5.74, 6) is 1.18. The molecular weight excluding hydrogens is 479 g/mol. The van der Waals surface area contributed by atoms with Crippen LogP contribution < -0.4 is 16.6 Å². The van der Waals surface area contributed by atoms with Crippen molar-refractivity contribution >= 4 is 28.7 Å². The van der Waals surface area contributed by atoms with E-state index in [0.717, 1.165) is 42.5 Å². The van der Waals surface area contributed by atoms with Gasteiger partial charge in [0, 0.05) is 23.7 Å². The summed E-state index contributed by atoms with van der Waals surface area (Å²) in [4.78, 5) is 44.1. The van der Waals surface area contributed by atoms with Crippen molar-refractivity contribution < 1.29 is 9.18 Å². The predicted octanol–water partition coefficient (Wildman–Crippen LogP) is 4.24. The molecule has 3 aromatic rings. The van der Waals surface area contributed by atoms with E-state index in [4.69, 9.17) is 0 Å². The average Bonchev–Trinajstić information content (AvgIpc) is 2.91. The van der Waals surface area contributed by atoms with Crippen molar-refractivity contribution in [3.05, 3.63) is 74.3 Å². The molecule has 1 saturated heterocycles. The fraction of sp³-hybridized carbons (Fsp3) is 0.481. The number of fused-ring (bicyclic) bond motifs is 1. The SMILES string of the molecule is CCc1cccc(C(=O)N[C@H]2CC[C@@H](n3c(=O)c4cc(F)cnc4n(C4CCSCC4)c3=O)CC2)c1. The highest BCUT2D eigenvalue weighted by Crippen LogP contribution is 2.30. The number of aryl methyl sites for hydroxylation is 1. The highest BCUT2D eigenvalue weighted by Gasteiger charge is 2.29. The molecule has 3 heterocycles. The lowest BCUT2D eigenvalue weighted by Crippen LogP contribution is -2.46. The first kappa shape index (κ1) is 24.7. The van der Waals surface area contributed by atoms with Crippen molar-refractivity contribution in [2.75, 3.05) is 11.5 Å². The molecule has 1 N–H and O–H groups in total. The second-order valence-electron chi connectivity index (χ2n) is 9.73. The smallest absolute Gasteiger partial charge is 0.333 e. The molecule has 1 aliphatic carbocycles. The van der Waals surface area contributed by atoms with E-state index in [0.29, 0.717) is 31.2 Å². The Morgan fingerprint density at radius 2 is 1.78 bits per heavy atom. The first-order valence-electron chi connectivity index (χ1n) is 12.8. The first-order chi connectivity index (χ1) is 17.5. The van der Waals surface area contributed by atoms with Crippen molar-refractivity contribution in [3.8, 4) is 0 Å². The molecule has 7 nitrogen and oxygen atoms in total. The van der Waals surface area contributed by atoms with Crippen molar-refractivity contribution in [2.45, 2.75) is 70.0 Å². The van der Waals surface area contributed by atoms with Crippen LogP contribution in [0.25, 0.3) is 11.0 Å². The summed E-state index contributed by atoms with van der Waals surface area (Å²) in [6.07, 6.45) is 6.06. The Hall–Kier alpha value is -2.94. The number of amides is 1. The fourth-order valence-corrected chi connectivity index (χ4v) is 6.56. The fourth-order valence-electron chi connectivity index (χ4n) is 5.48. The molecule has 36 heavy (non-hydrogen) atoms. The Labute approximate surface area is 213 Å². The Bertz CT molecular complexity index is 1390. The molecule has 190 valence electrons. The molecule has 2 aliphatic rings. The molecule has 0 unspecified atom stereocenters. The zero-order valence-corrected chi connectivity index (χ0v) is 21.2. The number of hydrogen-bond donors (Lipinski definition) is 1. The van der Waals surface area contributed by atoms with Crippen LogP contribution in [-0.4, -0.2) is 37.6 Å². The van der Waals surface area contributed by atoms with Crippen molar-refractivity contribution in [3.63, 3.8) is 0 Å². The third kappa shape index (κ3) is 4.85. The van der Waals surface area contributed by atoms with Crippen LogP contribution in [0, 0.1) is 5.82 Å². The van der Waals surface area contributed by atoms with Crippen LogP contribution in [0.2, 0.25) is 0 Å². The highest BCUT2D eigenvalue weighted by molar-refractivity contribution is 7.99. The van der Waals surface area contributed by atoms with E-state index in [1.54, 1.807) is 4.57 Å². The summed E-state index contributed by atoms with van der Waals surface area (Å²) in [5.41, 5.74) is 1.19. The van der Waals surface area contributed by atoms with Crippen LogP contribution in [0.15, 0.2) is 46.1 Å². The number of hydrogen-bond acceptors (Lipinski definition) is 5. The monoisotopic (exact) mass is 510 g/mol. The van der Waals surface area contributed by atoms with E-state index in [2.05, 4.69) is 17.2 Å². The molecule has 2 aromatic heterocycles. The Morgan fingerprint density at radius 1 is 1.06 bits per heavy atom. The number of rotatable bonds is 5. The third-order valence-electron chi connectivity index (χ3n) is 7.47. The molecule has 1 aromatic carbocycles. The van der Waals surface area contributed by atoms with Gasteiger partial charge in [0.25, 0.3) is 11.5 Å². The number of benzene rings is 1. The maximum atomic E-state index is 14.1. The minimum atomic E-state index is -0.589. The third-order valence-corrected chi connectivity index (χ3v) is 8.52. The van der Waals surface area contributed by atoms with E-state index >= 15 is 0 Å². The molecule has 2 fully saturated rings. The second kappa shape index (κ2) is 10.6. The number of thioether (sulfide) groups is 1. The Kier molecular flexibility index (Phi) is 7.27. The van der Waals surface area contributed by atoms with Gasteiger partial charge in [0.1, 0.15) is 11.5 Å². The van der Waals surface area contributed by atoms with Gasteiger partial charge in [-0.2, -0.15) is 11.8 Å². The van der Waals surface area contributed by atoms with Gasteiger partial charge in [-0.25, -0.2) is 14.2 Å². The van der Waals surface area contributed by atoms with E-state index in [1.807, 2.05) is 36.0 Å². The molecule has 1 saturated carbocycles. The highest BCUT2D eigenvalue weighted by atomic mass is 32.2. The van der Waals surface area contributed by atoms with Crippen molar-refractivity contribution in [1.29, 1.82) is 0 Å². The topological polar surface area (TPSA) is 86.0 Å². The van der Waals surface area contributed by atoms with E-state index < -0.39 is 11.4 Å². The molecule has 1 amide bonds. The van der Waals surface area contributed by atoms with Gasteiger partial charge in [-0.1, -0.05) is 19.1 Å². The van der Waals surface area contributed by atoms with Gasteiger partial charge in [-0.05, 0) is 80.2 Å². The lowest BCUT2D eigenvalue weighted by atomic mass is 9.90. The molecule has 9 heteroatoms. The number of pyridine rings is 1. The number of nitrogens with one attached hydrogen (secondary N) is 1. The van der Waals surface area contributed by atoms with Crippen LogP contribution in [-0.2, 0) is 6.42 Å². The van der Waals surface area contributed by atoms with Crippen molar-refractivity contribution in [2.24, 2.45) is 0 Å². The molecule has 0 radical (unpaired) electrons. The minimum absolute atomic E-state index is 0.0214. The van der Waals surface area contributed by atoms with Gasteiger partial charge in [-0.3, -0.25) is 18.7 Å². The maximum absolute atomic E-state index is 14.1. The van der Waals surface area contributed by atoms with Gasteiger partial charge in [0.2, 0.25) is 0 Å². The summed E-state index contributed by atoms with van der Waals surface area (Å²) in [5, 5.41) is 3.27. The van der Waals surface area contributed by atoms with E-state index in [9.17, 15) is 18.8 Å². The Balaban J connectivity index is 1.40. The van der Waals surface area contributed by atoms with Crippen LogP contribution >= 0.6 is 11.8 Å². The van der Waals surface area contributed by atoms with Crippen molar-refractivity contribution in [1.82, 2.24) is 19.4 Å². The summed E-state index contributed by atoms with van der Waals surface area (Å²) < 4.78 is 17.0. The maximum Gasteiger partial charge on any atom is 0.333 e. The number of aromatic nitrogens is 3. The number of nitrogens with zero attached hydrogens (tertiary/aromatic N) is 3. The summed E-state index contributed by atoms with van der Waals surface area (Å²) >= 11 is 1.85. The molecule has 0 atom stereocenters. The normalized spacial score (nSPS) is 20.9. The van der Waals surface area contributed by atoms with Gasteiger partial charge < -0.3 is 5.32 Å². The van der Waals surface area contributed by atoms with Gasteiger partial charge >= 0.3 is 5.69 Å². The number of halogens is 1. The first-order valence-corrected chi connectivity index (χ1v) is 13.9. The zero-order valence-electron chi connectivity index (χ0n) is 20.4. The zero-order chi connectivity index (χ0) is 25.2. The lowest BCUT2D eigenvalue weighted by Gasteiger charge is -2.31. The number of carbonyl (C=O) groups excluding carboxylic acids is 1. The summed E-state index contributed by atoms with van der Waals surface area (Å²) in [7, 11) is 0. The largest absolute Gasteiger partial charge is 0.349 e. The van der Waals surface area contributed by atoms with Gasteiger partial charge in [0.15, 0.2) is 0 Å². The Morgan fingerprint density at radius 3 is 2.50 bits per heavy atom. The standard InChI is InChI=1S/C27H31FN4O3S/c1-2-17-4-3-5-18(14-17)25(33)30-20-6-8-21(9-7-20)32-26(34)23-15-19(28)16-29-24(23)31(27(32)35)22-10-12-36-13-11-22/h3-5,14-16,20-22H,2,6-13H2,1H3,(H,30,33)/t20-,21+. The minimum Gasteiger partial charge on any atom is -0.349 e.